The van der Waals surface area contributed by atoms with Gasteiger partial charge in [0.2, 0.25) is 0 Å². The molecule has 3 rings (SSSR count). The molecule has 104 valence electrons. The second-order valence-electron chi connectivity index (χ2n) is 5.60. The first-order valence-corrected chi connectivity index (χ1v) is 6.93. The Labute approximate surface area is 112 Å². The van der Waals surface area contributed by atoms with Crippen molar-refractivity contribution in [2.75, 3.05) is 19.8 Å². The van der Waals surface area contributed by atoms with Gasteiger partial charge in [0.15, 0.2) is 0 Å². The van der Waals surface area contributed by atoms with Crippen LogP contribution in [0.3, 0.4) is 0 Å². The molecule has 1 aliphatic heterocycles. The number of hydrogen-bond acceptors (Lipinski definition) is 3. The highest BCUT2D eigenvalue weighted by Crippen LogP contribution is 2.32. The van der Waals surface area contributed by atoms with Gasteiger partial charge in [0, 0.05) is 31.8 Å². The first-order chi connectivity index (χ1) is 9.18. The first-order valence-electron chi connectivity index (χ1n) is 6.93. The van der Waals surface area contributed by atoms with E-state index in [0.29, 0.717) is 31.4 Å². The Hall–Kier alpha value is -1.33. The van der Waals surface area contributed by atoms with E-state index in [9.17, 15) is 9.90 Å². The van der Waals surface area contributed by atoms with Crippen LogP contribution in [-0.4, -0.2) is 40.9 Å². The molecule has 2 aliphatic rings. The van der Waals surface area contributed by atoms with E-state index in [1.54, 1.807) is 0 Å². The van der Waals surface area contributed by atoms with E-state index >= 15 is 0 Å². The van der Waals surface area contributed by atoms with E-state index in [0.717, 1.165) is 12.8 Å². The Kier molecular flexibility index (Phi) is 3.33. The van der Waals surface area contributed by atoms with E-state index in [2.05, 4.69) is 5.32 Å². The molecule has 1 aromatic rings. The van der Waals surface area contributed by atoms with Crippen molar-refractivity contribution in [3.8, 4) is 0 Å². The van der Waals surface area contributed by atoms with Crippen LogP contribution in [0.5, 0.6) is 0 Å². The highest BCUT2D eigenvalue weighted by Gasteiger charge is 2.33. The van der Waals surface area contributed by atoms with Crippen LogP contribution in [0.4, 0.5) is 0 Å². The third-order valence-corrected chi connectivity index (χ3v) is 4.14. The van der Waals surface area contributed by atoms with Gasteiger partial charge in [-0.3, -0.25) is 4.79 Å². The number of nitrogens with zero attached hydrogens (tertiary/aromatic N) is 1. The molecular formula is C14H20N2O3. The zero-order chi connectivity index (χ0) is 13.3. The predicted molar refractivity (Wildman–Crippen MR) is 70.0 cm³/mol. The fourth-order valence-electron chi connectivity index (χ4n) is 2.64. The monoisotopic (exact) mass is 264 g/mol. The molecule has 0 spiro atoms. The van der Waals surface area contributed by atoms with Gasteiger partial charge in [-0.1, -0.05) is 0 Å². The minimum atomic E-state index is -0.899. The van der Waals surface area contributed by atoms with Crippen LogP contribution >= 0.6 is 0 Å². The second kappa shape index (κ2) is 4.98. The fourth-order valence-corrected chi connectivity index (χ4v) is 2.64. The van der Waals surface area contributed by atoms with Crippen LogP contribution < -0.4 is 5.32 Å². The number of amides is 1. The maximum atomic E-state index is 12.2. The Balaban J connectivity index is 1.62. The maximum absolute atomic E-state index is 12.2. The smallest absolute Gasteiger partial charge is 0.268 e. The molecule has 1 unspecified atom stereocenters. The highest BCUT2D eigenvalue weighted by molar-refractivity contribution is 5.92. The highest BCUT2D eigenvalue weighted by atomic mass is 16.5. The molecule has 1 saturated heterocycles. The van der Waals surface area contributed by atoms with Crippen molar-refractivity contribution in [1.82, 2.24) is 9.88 Å². The summed E-state index contributed by atoms with van der Waals surface area (Å²) in [6.07, 6.45) is 6.07. The summed E-state index contributed by atoms with van der Waals surface area (Å²) in [7, 11) is 0. The Morgan fingerprint density at radius 1 is 1.58 bits per heavy atom. The molecule has 19 heavy (non-hydrogen) atoms. The molecule has 1 aromatic heterocycles. The van der Waals surface area contributed by atoms with Crippen molar-refractivity contribution in [3.63, 3.8) is 0 Å². The summed E-state index contributed by atoms with van der Waals surface area (Å²) in [5, 5.41) is 12.9. The third kappa shape index (κ3) is 2.53. The van der Waals surface area contributed by atoms with Gasteiger partial charge in [-0.25, -0.2) is 0 Å². The van der Waals surface area contributed by atoms with Gasteiger partial charge in [0.05, 0.1) is 6.61 Å². The van der Waals surface area contributed by atoms with E-state index < -0.39 is 5.60 Å². The average Bonchev–Trinajstić information content (AvgIpc) is 2.94. The fraction of sp³-hybridized carbons (Fsp3) is 0.643. The number of hydrogen-bond donors (Lipinski definition) is 2. The summed E-state index contributed by atoms with van der Waals surface area (Å²) >= 11 is 0. The quantitative estimate of drug-likeness (QED) is 0.856. The zero-order valence-electron chi connectivity index (χ0n) is 11.0. The van der Waals surface area contributed by atoms with Gasteiger partial charge < -0.3 is 19.7 Å². The van der Waals surface area contributed by atoms with E-state index in [1.807, 2.05) is 22.9 Å². The van der Waals surface area contributed by atoms with Gasteiger partial charge in [0.1, 0.15) is 11.3 Å². The third-order valence-electron chi connectivity index (χ3n) is 4.14. The SMILES string of the molecule is O=C(NCC1(O)CCOC1)c1cccn1C1CCC1. The second-order valence-corrected chi connectivity index (χ2v) is 5.60. The van der Waals surface area contributed by atoms with Crippen molar-refractivity contribution in [3.05, 3.63) is 24.0 Å². The zero-order valence-corrected chi connectivity index (χ0v) is 11.0. The molecule has 2 fully saturated rings. The molecule has 2 heterocycles. The van der Waals surface area contributed by atoms with Gasteiger partial charge in [-0.05, 0) is 31.4 Å². The van der Waals surface area contributed by atoms with Crippen molar-refractivity contribution >= 4 is 5.91 Å². The number of aromatic nitrogens is 1. The number of nitrogens with one attached hydrogen (secondary N) is 1. The van der Waals surface area contributed by atoms with Crippen LogP contribution in [0.25, 0.3) is 0 Å². The number of carbonyl (C=O) groups excluding carboxylic acids is 1. The standard InChI is InChI=1S/C14H20N2O3/c17-13(15-9-14(18)6-8-19-10-14)12-5-2-7-16(12)11-3-1-4-11/h2,5,7,11,18H,1,3-4,6,8-10H2,(H,15,17). The topological polar surface area (TPSA) is 63.5 Å². The molecule has 0 aromatic carbocycles. The lowest BCUT2D eigenvalue weighted by atomic mass is 9.93. The minimum absolute atomic E-state index is 0.114. The number of aliphatic hydroxyl groups is 1. The molecule has 0 bridgehead atoms. The summed E-state index contributed by atoms with van der Waals surface area (Å²) in [4.78, 5) is 12.2. The molecule has 1 saturated carbocycles. The normalized spacial score (nSPS) is 27.2. The number of rotatable bonds is 4. The molecule has 0 radical (unpaired) electrons. The molecule has 1 atom stereocenters. The number of ether oxygens (including phenoxy) is 1. The summed E-state index contributed by atoms with van der Waals surface area (Å²) in [5.41, 5.74) is -0.212. The molecule has 1 aliphatic carbocycles. The first kappa shape index (κ1) is 12.7. The van der Waals surface area contributed by atoms with Gasteiger partial charge >= 0.3 is 0 Å². The summed E-state index contributed by atoms with van der Waals surface area (Å²) in [6.45, 7) is 1.11. The Morgan fingerprint density at radius 3 is 3.05 bits per heavy atom. The summed E-state index contributed by atoms with van der Waals surface area (Å²) in [6, 6.07) is 4.21. The average molecular weight is 264 g/mol. The van der Waals surface area contributed by atoms with E-state index in [-0.39, 0.29) is 12.5 Å². The molecular weight excluding hydrogens is 244 g/mol. The molecule has 5 nitrogen and oxygen atoms in total. The predicted octanol–water partition coefficient (Wildman–Crippen LogP) is 1.09. The summed E-state index contributed by atoms with van der Waals surface area (Å²) in [5.74, 6) is -0.114. The molecule has 5 heteroatoms. The van der Waals surface area contributed by atoms with Crippen molar-refractivity contribution in [2.24, 2.45) is 0 Å². The van der Waals surface area contributed by atoms with Gasteiger partial charge in [-0.15, -0.1) is 0 Å². The van der Waals surface area contributed by atoms with Gasteiger partial charge in [-0.2, -0.15) is 0 Å². The lowest BCUT2D eigenvalue weighted by molar-refractivity contribution is 0.0263. The van der Waals surface area contributed by atoms with Crippen LogP contribution in [0, 0.1) is 0 Å². The Morgan fingerprint density at radius 2 is 2.42 bits per heavy atom. The van der Waals surface area contributed by atoms with Gasteiger partial charge in [0.25, 0.3) is 5.91 Å². The van der Waals surface area contributed by atoms with Crippen molar-refractivity contribution < 1.29 is 14.6 Å². The van der Waals surface area contributed by atoms with E-state index in [4.69, 9.17) is 4.74 Å². The minimum Gasteiger partial charge on any atom is -0.386 e. The van der Waals surface area contributed by atoms with Crippen molar-refractivity contribution in [1.29, 1.82) is 0 Å². The number of carbonyl (C=O) groups is 1. The van der Waals surface area contributed by atoms with Crippen LogP contribution in [0.15, 0.2) is 18.3 Å². The van der Waals surface area contributed by atoms with Crippen LogP contribution in [0.1, 0.15) is 42.2 Å². The Bertz CT molecular complexity index is 459. The molecule has 1 amide bonds. The maximum Gasteiger partial charge on any atom is 0.268 e. The lowest BCUT2D eigenvalue weighted by Crippen LogP contribution is -2.43. The van der Waals surface area contributed by atoms with Crippen molar-refractivity contribution in [2.45, 2.75) is 37.3 Å². The van der Waals surface area contributed by atoms with Crippen LogP contribution in [0.2, 0.25) is 0 Å². The largest absolute Gasteiger partial charge is 0.386 e. The summed E-state index contributed by atoms with van der Waals surface area (Å²) < 4.78 is 7.21. The molecule has 2 N–H and O–H groups in total. The lowest BCUT2D eigenvalue weighted by Gasteiger charge is -2.29. The van der Waals surface area contributed by atoms with E-state index in [1.165, 1.54) is 6.42 Å². The van der Waals surface area contributed by atoms with Crippen LogP contribution in [-0.2, 0) is 4.74 Å².